The summed E-state index contributed by atoms with van der Waals surface area (Å²) < 4.78 is 37.8. The summed E-state index contributed by atoms with van der Waals surface area (Å²) in [5, 5.41) is 11.3. The van der Waals surface area contributed by atoms with Crippen LogP contribution in [0.1, 0.15) is 19.3 Å². The summed E-state index contributed by atoms with van der Waals surface area (Å²) in [5.74, 6) is 0.389. The van der Waals surface area contributed by atoms with Gasteiger partial charge in [-0.25, -0.2) is 8.42 Å². The maximum absolute atomic E-state index is 13.1. The van der Waals surface area contributed by atoms with Crippen LogP contribution in [0.15, 0.2) is 23.1 Å². The van der Waals surface area contributed by atoms with Gasteiger partial charge < -0.3 is 9.47 Å². The van der Waals surface area contributed by atoms with Crippen molar-refractivity contribution >= 4 is 15.7 Å². The van der Waals surface area contributed by atoms with E-state index in [1.807, 2.05) is 0 Å². The van der Waals surface area contributed by atoms with Gasteiger partial charge in [-0.1, -0.05) is 0 Å². The molecule has 24 heavy (non-hydrogen) atoms. The molecule has 1 saturated heterocycles. The average Bonchev–Trinajstić information content (AvgIpc) is 3.27. The molecule has 1 saturated carbocycles. The van der Waals surface area contributed by atoms with Gasteiger partial charge in [0.05, 0.1) is 24.7 Å². The van der Waals surface area contributed by atoms with E-state index in [0.717, 1.165) is 25.3 Å². The van der Waals surface area contributed by atoms with Crippen LogP contribution in [0.2, 0.25) is 0 Å². The van der Waals surface area contributed by atoms with Crippen LogP contribution in [0.25, 0.3) is 0 Å². The zero-order valence-corrected chi connectivity index (χ0v) is 14.2. The monoisotopic (exact) mass is 356 g/mol. The summed E-state index contributed by atoms with van der Waals surface area (Å²) in [6, 6.07) is 3.77. The Morgan fingerprint density at radius 2 is 2.12 bits per heavy atom. The van der Waals surface area contributed by atoms with Gasteiger partial charge in [-0.3, -0.25) is 10.1 Å². The fourth-order valence-electron chi connectivity index (χ4n) is 2.90. The molecule has 1 atom stereocenters. The normalized spacial score (nSPS) is 21.2. The van der Waals surface area contributed by atoms with E-state index < -0.39 is 20.6 Å². The molecule has 3 rings (SSSR count). The van der Waals surface area contributed by atoms with Crippen LogP contribution in [0.3, 0.4) is 0 Å². The number of nitro benzene ring substituents is 1. The highest BCUT2D eigenvalue weighted by molar-refractivity contribution is 7.89. The lowest BCUT2D eigenvalue weighted by molar-refractivity contribution is -0.387. The van der Waals surface area contributed by atoms with Crippen LogP contribution in [0, 0.1) is 16.0 Å². The Morgan fingerprint density at radius 3 is 2.67 bits per heavy atom. The number of ether oxygens (including phenoxy) is 2. The number of nitro groups is 1. The first-order chi connectivity index (χ1) is 11.4. The Bertz CT molecular complexity index is 725. The molecule has 2 fully saturated rings. The second kappa shape index (κ2) is 6.66. The zero-order valence-electron chi connectivity index (χ0n) is 13.4. The minimum atomic E-state index is -3.95. The van der Waals surface area contributed by atoms with E-state index in [9.17, 15) is 18.5 Å². The molecule has 2 aliphatic rings. The van der Waals surface area contributed by atoms with Crippen LogP contribution in [0.5, 0.6) is 5.75 Å². The van der Waals surface area contributed by atoms with E-state index in [2.05, 4.69) is 0 Å². The zero-order chi connectivity index (χ0) is 17.3. The largest absolute Gasteiger partial charge is 0.497 e. The Morgan fingerprint density at radius 1 is 1.38 bits per heavy atom. The minimum absolute atomic E-state index is 0.0719. The van der Waals surface area contributed by atoms with Crippen LogP contribution in [-0.4, -0.2) is 50.6 Å². The number of methoxy groups -OCH3 is 1. The van der Waals surface area contributed by atoms with Crippen molar-refractivity contribution in [2.75, 3.05) is 26.9 Å². The summed E-state index contributed by atoms with van der Waals surface area (Å²) in [6.45, 7) is 1.51. The third-order valence-electron chi connectivity index (χ3n) is 4.37. The van der Waals surface area contributed by atoms with Gasteiger partial charge in [0.1, 0.15) is 5.75 Å². The summed E-state index contributed by atoms with van der Waals surface area (Å²) in [4.78, 5) is 10.4. The van der Waals surface area contributed by atoms with E-state index in [-0.39, 0.29) is 22.6 Å². The third kappa shape index (κ3) is 3.38. The lowest BCUT2D eigenvalue weighted by atomic mass is 10.1. The first-order valence-electron chi connectivity index (χ1n) is 7.85. The number of benzene rings is 1. The van der Waals surface area contributed by atoms with E-state index >= 15 is 0 Å². The summed E-state index contributed by atoms with van der Waals surface area (Å²) in [5.41, 5.74) is -0.456. The second-order valence-electron chi connectivity index (χ2n) is 6.13. The van der Waals surface area contributed by atoms with Gasteiger partial charge in [-0.15, -0.1) is 0 Å². The smallest absolute Gasteiger partial charge is 0.293 e. The molecule has 1 aromatic rings. The Hall–Kier alpha value is -1.71. The SMILES string of the molecule is COc1ccc(S(=O)(=O)N(C[C@@H]2CCOC2)C2CC2)c([N+](=O)[O-])c1. The Labute approximate surface area is 140 Å². The van der Waals surface area contributed by atoms with Crippen LogP contribution < -0.4 is 4.74 Å². The molecule has 1 aliphatic carbocycles. The molecule has 0 amide bonds. The predicted octanol–water partition coefficient (Wildman–Crippen LogP) is 1.79. The highest BCUT2D eigenvalue weighted by Crippen LogP contribution is 2.37. The lowest BCUT2D eigenvalue weighted by Gasteiger charge is -2.24. The number of hydrogen-bond donors (Lipinski definition) is 0. The van der Waals surface area contributed by atoms with Crippen molar-refractivity contribution in [3.63, 3.8) is 0 Å². The molecule has 0 bridgehead atoms. The molecule has 1 heterocycles. The summed E-state index contributed by atoms with van der Waals surface area (Å²) in [7, 11) is -2.57. The van der Waals surface area contributed by atoms with Crippen molar-refractivity contribution < 1.29 is 22.8 Å². The molecule has 0 unspecified atom stereocenters. The van der Waals surface area contributed by atoms with Gasteiger partial charge >= 0.3 is 0 Å². The molecule has 1 aliphatic heterocycles. The topological polar surface area (TPSA) is 99.0 Å². The molecule has 0 N–H and O–H groups in total. The maximum atomic E-state index is 13.1. The summed E-state index contributed by atoms with van der Waals surface area (Å²) in [6.07, 6.45) is 2.39. The molecular weight excluding hydrogens is 336 g/mol. The van der Waals surface area contributed by atoms with Crippen molar-refractivity contribution in [1.82, 2.24) is 4.31 Å². The van der Waals surface area contributed by atoms with Gasteiger partial charge in [-0.2, -0.15) is 4.31 Å². The van der Waals surface area contributed by atoms with Crippen molar-refractivity contribution in [1.29, 1.82) is 0 Å². The van der Waals surface area contributed by atoms with E-state index in [1.54, 1.807) is 0 Å². The average molecular weight is 356 g/mol. The van der Waals surface area contributed by atoms with Gasteiger partial charge in [0, 0.05) is 19.2 Å². The van der Waals surface area contributed by atoms with Gasteiger partial charge in [0.2, 0.25) is 10.0 Å². The van der Waals surface area contributed by atoms with Gasteiger partial charge in [0.15, 0.2) is 4.90 Å². The second-order valence-corrected chi connectivity index (χ2v) is 7.99. The lowest BCUT2D eigenvalue weighted by Crippen LogP contribution is -2.37. The molecule has 9 heteroatoms. The van der Waals surface area contributed by atoms with Crippen LogP contribution >= 0.6 is 0 Å². The Kier molecular flexibility index (Phi) is 4.75. The number of sulfonamides is 1. The van der Waals surface area contributed by atoms with Crippen molar-refractivity contribution in [2.24, 2.45) is 5.92 Å². The molecule has 0 radical (unpaired) electrons. The first-order valence-corrected chi connectivity index (χ1v) is 9.29. The molecule has 132 valence electrons. The molecule has 0 spiro atoms. The maximum Gasteiger partial charge on any atom is 0.293 e. The van der Waals surface area contributed by atoms with E-state index in [0.29, 0.717) is 19.8 Å². The van der Waals surface area contributed by atoms with Gasteiger partial charge in [0.25, 0.3) is 5.69 Å². The molecular formula is C15H20N2O6S. The number of rotatable bonds is 7. The van der Waals surface area contributed by atoms with Crippen molar-refractivity contribution in [3.8, 4) is 5.75 Å². The Balaban J connectivity index is 1.96. The molecule has 0 aromatic heterocycles. The molecule has 8 nitrogen and oxygen atoms in total. The molecule has 1 aromatic carbocycles. The van der Waals surface area contributed by atoms with Crippen molar-refractivity contribution in [2.45, 2.75) is 30.2 Å². The number of hydrogen-bond acceptors (Lipinski definition) is 6. The van der Waals surface area contributed by atoms with E-state index in [1.165, 1.54) is 23.5 Å². The highest BCUT2D eigenvalue weighted by atomic mass is 32.2. The quantitative estimate of drug-likeness (QED) is 0.545. The fourth-order valence-corrected chi connectivity index (χ4v) is 4.80. The van der Waals surface area contributed by atoms with Crippen LogP contribution in [-0.2, 0) is 14.8 Å². The standard InChI is InChI=1S/C15H20N2O6S/c1-22-13-4-5-15(14(8-13)17(18)19)24(20,21)16(12-2-3-12)9-11-6-7-23-10-11/h4-5,8,11-12H,2-3,6-7,9-10H2,1H3/t11-/m0/s1. The van der Waals surface area contributed by atoms with E-state index in [4.69, 9.17) is 9.47 Å². The number of nitrogens with zero attached hydrogens (tertiary/aromatic N) is 2. The van der Waals surface area contributed by atoms with Crippen LogP contribution in [0.4, 0.5) is 5.69 Å². The highest BCUT2D eigenvalue weighted by Gasteiger charge is 2.42. The summed E-state index contributed by atoms with van der Waals surface area (Å²) >= 11 is 0. The first kappa shape index (κ1) is 17.1. The van der Waals surface area contributed by atoms with Crippen molar-refractivity contribution in [3.05, 3.63) is 28.3 Å². The predicted molar refractivity (Wildman–Crippen MR) is 85.5 cm³/mol. The minimum Gasteiger partial charge on any atom is -0.497 e. The third-order valence-corrected chi connectivity index (χ3v) is 6.33. The fraction of sp³-hybridized carbons (Fsp3) is 0.600. The van der Waals surface area contributed by atoms with Gasteiger partial charge in [-0.05, 0) is 37.3 Å².